The number of nitrogens with one attached hydrogen (secondary N) is 1. The molecule has 5 aromatic rings. The smallest absolute Gasteiger partial charge is 0.196 e. The number of nitrogens with zero attached hydrogens (tertiary/aromatic N) is 3. The Labute approximate surface area is 211 Å². The minimum Gasteiger partial charge on any atom is -1.00 e. The van der Waals surface area contributed by atoms with Gasteiger partial charge in [0.2, 0.25) is 0 Å². The summed E-state index contributed by atoms with van der Waals surface area (Å²) in [5, 5.41) is 1.04. The molecule has 1 aliphatic heterocycles. The van der Waals surface area contributed by atoms with Gasteiger partial charge in [-0.3, -0.25) is 0 Å². The predicted octanol–water partition coefficient (Wildman–Crippen LogP) is 1.47. The third-order valence-electron chi connectivity index (χ3n) is 6.52. The fourth-order valence-electron chi connectivity index (χ4n) is 4.67. The molecule has 6 heteroatoms. The highest BCUT2D eigenvalue weighted by molar-refractivity contribution is 6.06. The number of hydrogen-bond donors (Lipinski definition) is 1. The van der Waals surface area contributed by atoms with E-state index in [0.717, 1.165) is 72.0 Å². The second kappa shape index (κ2) is 10.3. The number of piperazine rings is 1. The molecule has 0 aliphatic carbocycles. The standard InChI is InChI=1S/C29H26N4O.ClH/c1-3-10-22(11-4-1)12-9-17-32-18-20-33(21-19-32)29-27-26(24-15-7-8-16-25(24)34-27)30-28(31-29)23-13-5-2-6-14-23;/h1-16H,17-21H2;1H. The SMILES string of the molecule is C(=Cc1ccccc1)C[NH+]1CCN(c2nc(-c3ccccc3)nc3c2oc2ccccc23)CC1.[Cl-]. The highest BCUT2D eigenvalue weighted by Gasteiger charge is 2.25. The first-order valence-electron chi connectivity index (χ1n) is 11.9. The Morgan fingerprint density at radius 3 is 2.29 bits per heavy atom. The maximum atomic E-state index is 6.28. The van der Waals surface area contributed by atoms with Crippen molar-refractivity contribution in [3.63, 3.8) is 0 Å². The van der Waals surface area contributed by atoms with Crippen molar-refractivity contribution in [1.29, 1.82) is 0 Å². The van der Waals surface area contributed by atoms with Gasteiger partial charge in [-0.2, -0.15) is 0 Å². The summed E-state index contributed by atoms with van der Waals surface area (Å²) in [6.45, 7) is 5.02. The van der Waals surface area contributed by atoms with E-state index in [0.29, 0.717) is 0 Å². The summed E-state index contributed by atoms with van der Waals surface area (Å²) >= 11 is 0. The Morgan fingerprint density at radius 2 is 1.51 bits per heavy atom. The molecule has 0 radical (unpaired) electrons. The first-order chi connectivity index (χ1) is 16.8. The van der Waals surface area contributed by atoms with Gasteiger partial charge in [-0.25, -0.2) is 9.97 Å². The Hall–Kier alpha value is -3.67. The average molecular weight is 483 g/mol. The maximum absolute atomic E-state index is 6.28. The van der Waals surface area contributed by atoms with Crippen LogP contribution in [0.2, 0.25) is 0 Å². The summed E-state index contributed by atoms with van der Waals surface area (Å²) in [6.07, 6.45) is 4.50. The van der Waals surface area contributed by atoms with Crippen molar-refractivity contribution in [2.75, 3.05) is 37.6 Å². The van der Waals surface area contributed by atoms with Gasteiger partial charge in [-0.15, -0.1) is 0 Å². The third kappa shape index (κ3) is 4.78. The second-order valence-electron chi connectivity index (χ2n) is 8.77. The molecular formula is C29H27ClN4O. The zero-order valence-electron chi connectivity index (χ0n) is 19.4. The van der Waals surface area contributed by atoms with E-state index in [-0.39, 0.29) is 12.4 Å². The van der Waals surface area contributed by atoms with Gasteiger partial charge in [0, 0.05) is 10.9 Å². The van der Waals surface area contributed by atoms with Crippen molar-refractivity contribution in [2.45, 2.75) is 0 Å². The van der Waals surface area contributed by atoms with E-state index in [9.17, 15) is 0 Å². The first kappa shape index (κ1) is 23.1. The molecule has 0 atom stereocenters. The fourth-order valence-corrected chi connectivity index (χ4v) is 4.67. The molecule has 3 aromatic carbocycles. The predicted molar refractivity (Wildman–Crippen MR) is 138 cm³/mol. The summed E-state index contributed by atoms with van der Waals surface area (Å²) < 4.78 is 6.28. The summed E-state index contributed by atoms with van der Waals surface area (Å²) in [4.78, 5) is 13.9. The molecule has 0 bridgehead atoms. The Morgan fingerprint density at radius 1 is 0.829 bits per heavy atom. The van der Waals surface area contributed by atoms with Crippen molar-refractivity contribution in [1.82, 2.24) is 9.97 Å². The van der Waals surface area contributed by atoms with E-state index in [4.69, 9.17) is 14.4 Å². The van der Waals surface area contributed by atoms with E-state index in [1.54, 1.807) is 4.90 Å². The number of benzene rings is 3. The number of quaternary nitrogens is 1. The highest BCUT2D eigenvalue weighted by Crippen LogP contribution is 2.34. The van der Waals surface area contributed by atoms with Crippen LogP contribution < -0.4 is 22.2 Å². The molecular weight excluding hydrogens is 456 g/mol. The molecule has 5 nitrogen and oxygen atoms in total. The van der Waals surface area contributed by atoms with Gasteiger partial charge in [0.25, 0.3) is 0 Å². The van der Waals surface area contributed by atoms with Gasteiger partial charge in [0.05, 0.1) is 32.7 Å². The molecule has 0 saturated carbocycles. The van der Waals surface area contributed by atoms with E-state index in [2.05, 4.69) is 65.6 Å². The van der Waals surface area contributed by atoms with Crippen molar-refractivity contribution in [2.24, 2.45) is 0 Å². The van der Waals surface area contributed by atoms with Gasteiger partial charge < -0.3 is 26.6 Å². The first-order valence-corrected chi connectivity index (χ1v) is 11.9. The number of fused-ring (bicyclic) bond motifs is 3. The number of hydrogen-bond acceptors (Lipinski definition) is 4. The minimum atomic E-state index is 0. The topological polar surface area (TPSA) is 46.6 Å². The monoisotopic (exact) mass is 482 g/mol. The van der Waals surface area contributed by atoms with E-state index < -0.39 is 0 Å². The summed E-state index contributed by atoms with van der Waals surface area (Å²) in [5.74, 6) is 1.65. The normalized spacial score (nSPS) is 14.6. The van der Waals surface area contributed by atoms with Gasteiger partial charge in [-0.1, -0.05) is 78.9 Å². The summed E-state index contributed by atoms with van der Waals surface area (Å²) in [7, 11) is 0. The second-order valence-corrected chi connectivity index (χ2v) is 8.77. The van der Waals surface area contributed by atoms with Crippen molar-refractivity contribution in [3.8, 4) is 11.4 Å². The Balaban J connectivity index is 0.00000253. The fraction of sp³-hybridized carbons (Fsp3) is 0.172. The number of para-hydroxylation sites is 1. The lowest BCUT2D eigenvalue weighted by Gasteiger charge is -2.32. The van der Waals surface area contributed by atoms with Crippen LogP contribution in [-0.4, -0.2) is 42.7 Å². The summed E-state index contributed by atoms with van der Waals surface area (Å²) in [5.41, 5.74) is 4.80. The number of anilines is 1. The van der Waals surface area contributed by atoms with Crippen LogP contribution in [0.25, 0.3) is 39.5 Å². The lowest BCUT2D eigenvalue weighted by Crippen LogP contribution is -3.14. The molecule has 6 rings (SSSR count). The molecule has 35 heavy (non-hydrogen) atoms. The molecule has 1 saturated heterocycles. The number of halogens is 1. The molecule has 176 valence electrons. The van der Waals surface area contributed by atoms with E-state index in [1.165, 1.54) is 5.56 Å². The van der Waals surface area contributed by atoms with Gasteiger partial charge >= 0.3 is 0 Å². The summed E-state index contributed by atoms with van der Waals surface area (Å²) in [6, 6.07) is 28.8. The Kier molecular flexibility index (Phi) is 6.80. The van der Waals surface area contributed by atoms with Gasteiger partial charge in [0.1, 0.15) is 11.1 Å². The largest absolute Gasteiger partial charge is 1.00 e. The van der Waals surface area contributed by atoms with E-state index >= 15 is 0 Å². The van der Waals surface area contributed by atoms with Gasteiger partial charge in [-0.05, 0) is 23.8 Å². The lowest BCUT2D eigenvalue weighted by molar-refractivity contribution is -0.894. The van der Waals surface area contributed by atoms with Crippen LogP contribution in [0.1, 0.15) is 5.56 Å². The van der Waals surface area contributed by atoms with Crippen LogP contribution in [0, 0.1) is 0 Å². The van der Waals surface area contributed by atoms with Crippen molar-refractivity contribution in [3.05, 3.63) is 96.6 Å². The zero-order chi connectivity index (χ0) is 22.7. The molecule has 2 aromatic heterocycles. The van der Waals surface area contributed by atoms with Crippen molar-refractivity contribution >= 4 is 34.0 Å². The third-order valence-corrected chi connectivity index (χ3v) is 6.52. The maximum Gasteiger partial charge on any atom is 0.196 e. The molecule has 0 unspecified atom stereocenters. The molecule has 1 aliphatic rings. The minimum absolute atomic E-state index is 0. The van der Waals surface area contributed by atoms with Crippen LogP contribution in [0.15, 0.2) is 95.4 Å². The van der Waals surface area contributed by atoms with Crippen LogP contribution >= 0.6 is 0 Å². The van der Waals surface area contributed by atoms with Gasteiger partial charge in [0.15, 0.2) is 17.2 Å². The highest BCUT2D eigenvalue weighted by atomic mass is 35.5. The van der Waals surface area contributed by atoms with Crippen molar-refractivity contribution < 1.29 is 21.7 Å². The molecule has 1 N–H and O–H groups in total. The van der Waals surface area contributed by atoms with Crippen LogP contribution in [-0.2, 0) is 0 Å². The lowest BCUT2D eigenvalue weighted by atomic mass is 10.2. The number of aromatic nitrogens is 2. The molecule has 1 fully saturated rings. The average Bonchev–Trinajstić information content (AvgIpc) is 3.28. The number of furan rings is 1. The Bertz CT molecular complexity index is 1440. The molecule has 0 spiro atoms. The van der Waals surface area contributed by atoms with Crippen LogP contribution in [0.4, 0.5) is 5.82 Å². The van der Waals surface area contributed by atoms with E-state index in [1.807, 2.05) is 36.4 Å². The number of rotatable bonds is 5. The molecule has 3 heterocycles. The quantitative estimate of drug-likeness (QED) is 0.412. The zero-order valence-corrected chi connectivity index (χ0v) is 20.2. The van der Waals surface area contributed by atoms with Crippen LogP contribution in [0.5, 0.6) is 0 Å². The molecule has 0 amide bonds. The van der Waals surface area contributed by atoms with Crippen LogP contribution in [0.3, 0.4) is 0 Å².